The molecule has 0 bridgehead atoms. The average molecular weight is 257 g/mol. The van der Waals surface area contributed by atoms with E-state index in [1.165, 1.54) is 0 Å². The lowest BCUT2D eigenvalue weighted by Crippen LogP contribution is -2.08. The number of hydrogen-bond donors (Lipinski definition) is 1. The van der Waals surface area contributed by atoms with E-state index in [1.807, 2.05) is 36.4 Å². The Labute approximate surface area is 113 Å². The van der Waals surface area contributed by atoms with Crippen LogP contribution in [0.1, 0.15) is 37.5 Å². The highest BCUT2D eigenvalue weighted by Crippen LogP contribution is 2.24. The third kappa shape index (κ3) is 2.94. The van der Waals surface area contributed by atoms with E-state index in [0.29, 0.717) is 6.10 Å². The number of hydrogen-bond acceptors (Lipinski definition) is 3. The van der Waals surface area contributed by atoms with Gasteiger partial charge in [0.1, 0.15) is 0 Å². The standard InChI is InChI=1S/C16H19NO2/c18-16(10-8-13-5-3-11-19-13)15-9-7-12-4-1-2-6-14(12)17-15/h1-2,4,6-7,9,13,16,18H,3,5,8,10-11H2. The molecule has 1 N–H and O–H groups in total. The second kappa shape index (κ2) is 5.68. The van der Waals surface area contributed by atoms with Gasteiger partial charge in [-0.2, -0.15) is 0 Å². The third-order valence-corrected chi connectivity index (χ3v) is 3.75. The summed E-state index contributed by atoms with van der Waals surface area (Å²) < 4.78 is 5.58. The summed E-state index contributed by atoms with van der Waals surface area (Å²) in [5, 5.41) is 11.3. The molecule has 1 aromatic heterocycles. The van der Waals surface area contributed by atoms with Crippen molar-refractivity contribution in [3.8, 4) is 0 Å². The first-order valence-electron chi connectivity index (χ1n) is 6.98. The topological polar surface area (TPSA) is 42.4 Å². The molecular formula is C16H19NO2. The molecule has 2 aromatic rings. The molecule has 0 aliphatic carbocycles. The zero-order valence-corrected chi connectivity index (χ0v) is 11.0. The lowest BCUT2D eigenvalue weighted by molar-refractivity contribution is 0.0803. The van der Waals surface area contributed by atoms with Crippen LogP contribution in [-0.4, -0.2) is 22.8 Å². The first kappa shape index (κ1) is 12.6. The summed E-state index contributed by atoms with van der Waals surface area (Å²) in [7, 11) is 0. The number of pyridine rings is 1. The molecule has 2 unspecified atom stereocenters. The number of benzene rings is 1. The normalized spacial score (nSPS) is 20.8. The van der Waals surface area contributed by atoms with E-state index in [4.69, 9.17) is 4.74 Å². The molecule has 2 heterocycles. The molecule has 0 saturated carbocycles. The molecule has 100 valence electrons. The number of aromatic nitrogens is 1. The Morgan fingerprint density at radius 1 is 1.26 bits per heavy atom. The Bertz CT molecular complexity index is 549. The molecule has 0 amide bonds. The van der Waals surface area contributed by atoms with Crippen LogP contribution in [0.2, 0.25) is 0 Å². The molecule has 0 radical (unpaired) electrons. The summed E-state index contributed by atoms with van der Waals surface area (Å²) in [6.45, 7) is 0.870. The minimum Gasteiger partial charge on any atom is -0.387 e. The van der Waals surface area contributed by atoms with Crippen LogP contribution in [0.5, 0.6) is 0 Å². The van der Waals surface area contributed by atoms with Crippen molar-refractivity contribution >= 4 is 10.9 Å². The quantitative estimate of drug-likeness (QED) is 0.914. The molecule has 1 aromatic carbocycles. The van der Waals surface area contributed by atoms with Gasteiger partial charge in [0.2, 0.25) is 0 Å². The molecule has 2 atom stereocenters. The molecule has 1 aliphatic heterocycles. The summed E-state index contributed by atoms with van der Waals surface area (Å²) in [5.41, 5.74) is 1.70. The summed E-state index contributed by atoms with van der Waals surface area (Å²) in [6.07, 6.45) is 3.74. The van der Waals surface area contributed by atoms with Gasteiger partial charge in [-0.3, -0.25) is 4.98 Å². The van der Waals surface area contributed by atoms with Gasteiger partial charge >= 0.3 is 0 Å². The minimum absolute atomic E-state index is 0.329. The fourth-order valence-corrected chi connectivity index (χ4v) is 2.63. The van der Waals surface area contributed by atoms with Gasteiger partial charge in [0.15, 0.2) is 0 Å². The van der Waals surface area contributed by atoms with Crippen LogP contribution in [0, 0.1) is 0 Å². The zero-order valence-electron chi connectivity index (χ0n) is 11.0. The second-order valence-corrected chi connectivity index (χ2v) is 5.16. The number of para-hydroxylation sites is 1. The Hall–Kier alpha value is -1.45. The van der Waals surface area contributed by atoms with Gasteiger partial charge in [-0.25, -0.2) is 0 Å². The van der Waals surface area contributed by atoms with Crippen LogP contribution in [0.4, 0.5) is 0 Å². The number of nitrogens with zero attached hydrogens (tertiary/aromatic N) is 1. The Morgan fingerprint density at radius 3 is 3.00 bits per heavy atom. The van der Waals surface area contributed by atoms with E-state index in [-0.39, 0.29) is 0 Å². The van der Waals surface area contributed by atoms with Gasteiger partial charge in [-0.05, 0) is 37.8 Å². The monoisotopic (exact) mass is 257 g/mol. The maximum absolute atomic E-state index is 10.2. The molecular weight excluding hydrogens is 238 g/mol. The van der Waals surface area contributed by atoms with Crippen LogP contribution in [-0.2, 0) is 4.74 Å². The Balaban J connectivity index is 1.68. The largest absolute Gasteiger partial charge is 0.387 e. The average Bonchev–Trinajstić information content (AvgIpc) is 2.97. The fourth-order valence-electron chi connectivity index (χ4n) is 2.63. The van der Waals surface area contributed by atoms with E-state index in [0.717, 1.165) is 48.9 Å². The maximum atomic E-state index is 10.2. The number of rotatable bonds is 4. The van der Waals surface area contributed by atoms with E-state index in [1.54, 1.807) is 0 Å². The van der Waals surface area contributed by atoms with Crippen molar-refractivity contribution in [1.82, 2.24) is 4.98 Å². The zero-order chi connectivity index (χ0) is 13.1. The lowest BCUT2D eigenvalue weighted by Gasteiger charge is -2.14. The van der Waals surface area contributed by atoms with Crippen molar-refractivity contribution in [2.45, 2.75) is 37.9 Å². The maximum Gasteiger partial charge on any atom is 0.0961 e. The van der Waals surface area contributed by atoms with Gasteiger partial charge < -0.3 is 9.84 Å². The van der Waals surface area contributed by atoms with Crippen LogP contribution in [0.15, 0.2) is 36.4 Å². The van der Waals surface area contributed by atoms with Gasteiger partial charge in [-0.1, -0.05) is 24.3 Å². The van der Waals surface area contributed by atoms with Crippen molar-refractivity contribution < 1.29 is 9.84 Å². The molecule has 3 rings (SSSR count). The number of ether oxygens (including phenoxy) is 1. The van der Waals surface area contributed by atoms with Crippen LogP contribution >= 0.6 is 0 Å². The fraction of sp³-hybridized carbons (Fsp3) is 0.438. The van der Waals surface area contributed by atoms with Crippen LogP contribution in [0.25, 0.3) is 10.9 Å². The predicted molar refractivity (Wildman–Crippen MR) is 74.9 cm³/mol. The van der Waals surface area contributed by atoms with Gasteiger partial charge in [0.05, 0.1) is 23.4 Å². The van der Waals surface area contributed by atoms with E-state index in [2.05, 4.69) is 4.98 Å². The van der Waals surface area contributed by atoms with Crippen molar-refractivity contribution in [1.29, 1.82) is 0 Å². The highest BCUT2D eigenvalue weighted by atomic mass is 16.5. The summed E-state index contributed by atoms with van der Waals surface area (Å²) in [4.78, 5) is 4.53. The summed E-state index contributed by atoms with van der Waals surface area (Å²) >= 11 is 0. The highest BCUT2D eigenvalue weighted by Gasteiger charge is 2.18. The molecule has 0 spiro atoms. The Kier molecular flexibility index (Phi) is 3.76. The molecule has 3 nitrogen and oxygen atoms in total. The molecule has 1 saturated heterocycles. The smallest absolute Gasteiger partial charge is 0.0961 e. The molecule has 3 heteroatoms. The first-order valence-corrected chi connectivity index (χ1v) is 6.98. The van der Waals surface area contributed by atoms with Gasteiger partial charge in [0.25, 0.3) is 0 Å². The van der Waals surface area contributed by atoms with E-state index >= 15 is 0 Å². The number of fused-ring (bicyclic) bond motifs is 1. The molecule has 1 aliphatic rings. The summed E-state index contributed by atoms with van der Waals surface area (Å²) in [5.74, 6) is 0. The lowest BCUT2D eigenvalue weighted by atomic mass is 10.0. The molecule has 1 fully saturated rings. The molecule has 19 heavy (non-hydrogen) atoms. The van der Waals surface area contributed by atoms with Crippen molar-refractivity contribution in [2.24, 2.45) is 0 Å². The Morgan fingerprint density at radius 2 is 2.16 bits per heavy atom. The van der Waals surface area contributed by atoms with Gasteiger partial charge in [0, 0.05) is 12.0 Å². The van der Waals surface area contributed by atoms with Crippen molar-refractivity contribution in [2.75, 3.05) is 6.61 Å². The van der Waals surface area contributed by atoms with Crippen LogP contribution in [0.3, 0.4) is 0 Å². The minimum atomic E-state index is -0.492. The third-order valence-electron chi connectivity index (χ3n) is 3.75. The van der Waals surface area contributed by atoms with E-state index < -0.39 is 6.10 Å². The number of aliphatic hydroxyl groups excluding tert-OH is 1. The highest BCUT2D eigenvalue weighted by molar-refractivity contribution is 5.78. The SMILES string of the molecule is OC(CCC1CCCO1)c1ccc2ccccc2n1. The second-order valence-electron chi connectivity index (χ2n) is 5.16. The van der Waals surface area contributed by atoms with Crippen LogP contribution < -0.4 is 0 Å². The van der Waals surface area contributed by atoms with Crippen molar-refractivity contribution in [3.63, 3.8) is 0 Å². The van der Waals surface area contributed by atoms with Gasteiger partial charge in [-0.15, -0.1) is 0 Å². The summed E-state index contributed by atoms with van der Waals surface area (Å²) in [6, 6.07) is 11.9. The van der Waals surface area contributed by atoms with Crippen molar-refractivity contribution in [3.05, 3.63) is 42.1 Å². The predicted octanol–water partition coefficient (Wildman–Crippen LogP) is 3.23. The van der Waals surface area contributed by atoms with E-state index in [9.17, 15) is 5.11 Å². The number of aliphatic hydroxyl groups is 1. The first-order chi connectivity index (χ1) is 9.33.